The number of carbonyl (C=O) groups excluding carboxylic acids is 1. The predicted octanol–water partition coefficient (Wildman–Crippen LogP) is 4.06. The third-order valence-corrected chi connectivity index (χ3v) is 5.06. The van der Waals surface area contributed by atoms with E-state index in [9.17, 15) is 22.8 Å². The van der Waals surface area contributed by atoms with Gasteiger partial charge in [-0.1, -0.05) is 12.1 Å². The van der Waals surface area contributed by atoms with Crippen molar-refractivity contribution in [2.75, 3.05) is 13.1 Å². The van der Waals surface area contributed by atoms with E-state index in [1.54, 1.807) is 18.2 Å². The molecule has 0 aromatic heterocycles. The van der Waals surface area contributed by atoms with E-state index in [0.29, 0.717) is 11.4 Å². The molecule has 2 rings (SSSR count). The summed E-state index contributed by atoms with van der Waals surface area (Å²) in [6.45, 7) is 1.43. The summed E-state index contributed by atoms with van der Waals surface area (Å²) in [5.74, 6) is -1.23. The van der Waals surface area contributed by atoms with E-state index in [0.717, 1.165) is 24.6 Å². The van der Waals surface area contributed by atoms with Crippen molar-refractivity contribution in [3.63, 3.8) is 0 Å². The number of carboxylic acid groups (broad SMARTS) is 1. The van der Waals surface area contributed by atoms with E-state index in [1.807, 2.05) is 0 Å². The summed E-state index contributed by atoms with van der Waals surface area (Å²) in [6.07, 6.45) is -3.54. The third kappa shape index (κ3) is 6.26. The largest absolute Gasteiger partial charge is 0.480 e. The monoisotopic (exact) mass is 375 g/mol. The molecule has 1 saturated carbocycles. The van der Waals surface area contributed by atoms with Gasteiger partial charge in [0.25, 0.3) is 5.91 Å². The van der Waals surface area contributed by atoms with E-state index < -0.39 is 29.7 Å². The molecule has 1 aliphatic rings. The first kappa shape index (κ1) is 19.6. The molecule has 0 bridgehead atoms. The minimum absolute atomic E-state index is 0.253. The van der Waals surface area contributed by atoms with Gasteiger partial charge in [0.1, 0.15) is 5.25 Å². The van der Waals surface area contributed by atoms with Gasteiger partial charge >= 0.3 is 12.1 Å². The first-order valence-electron chi connectivity index (χ1n) is 8.02. The van der Waals surface area contributed by atoms with Gasteiger partial charge in [0.2, 0.25) is 0 Å². The van der Waals surface area contributed by atoms with E-state index >= 15 is 0 Å². The first-order valence-corrected chi connectivity index (χ1v) is 8.90. The maximum atomic E-state index is 12.8. The Morgan fingerprint density at radius 1 is 1.32 bits per heavy atom. The van der Waals surface area contributed by atoms with Gasteiger partial charge in [-0.3, -0.25) is 9.59 Å². The minimum atomic E-state index is -4.33. The number of hydrogen-bond acceptors (Lipinski definition) is 3. The molecular formula is C17H20F3NO3S. The van der Waals surface area contributed by atoms with Crippen LogP contribution in [0.2, 0.25) is 0 Å². The van der Waals surface area contributed by atoms with Crippen molar-refractivity contribution in [3.05, 3.63) is 29.8 Å². The number of carbonyl (C=O) groups is 2. The second kappa shape index (κ2) is 8.12. The van der Waals surface area contributed by atoms with Crippen molar-refractivity contribution in [1.82, 2.24) is 4.90 Å². The number of rotatable bonds is 8. The summed E-state index contributed by atoms with van der Waals surface area (Å²) >= 11 is 1.01. The van der Waals surface area contributed by atoms with Crippen molar-refractivity contribution >= 4 is 23.6 Å². The van der Waals surface area contributed by atoms with Crippen LogP contribution in [0.25, 0.3) is 0 Å². The van der Waals surface area contributed by atoms with Gasteiger partial charge in [-0.25, -0.2) is 0 Å². The number of nitrogens with zero attached hydrogens (tertiary/aromatic N) is 1. The second-order valence-corrected chi connectivity index (χ2v) is 7.54. The molecule has 0 aliphatic heterocycles. The second-order valence-electron chi connectivity index (χ2n) is 6.15. The lowest BCUT2D eigenvalue weighted by Gasteiger charge is -2.24. The summed E-state index contributed by atoms with van der Waals surface area (Å²) in [5, 5.41) is 8.28. The van der Waals surface area contributed by atoms with Crippen molar-refractivity contribution in [1.29, 1.82) is 0 Å². The highest BCUT2D eigenvalue weighted by Gasteiger charge is 2.33. The number of benzene rings is 1. The average Bonchev–Trinajstić information content (AvgIpc) is 3.34. The van der Waals surface area contributed by atoms with Crippen molar-refractivity contribution in [2.24, 2.45) is 5.92 Å². The predicted molar refractivity (Wildman–Crippen MR) is 88.7 cm³/mol. The standard InChI is InChI=1S/C17H20F3NO3S/c1-11(16(23)24)25-14-5-3-2-4-13(14)15(22)21(10-12-6-7-12)9-8-17(18,19)20/h2-5,11-12H,6-10H2,1H3,(H,23,24). The van der Waals surface area contributed by atoms with Gasteiger partial charge in [-0.05, 0) is 37.8 Å². The number of hydrogen-bond donors (Lipinski definition) is 1. The van der Waals surface area contributed by atoms with Gasteiger partial charge in [-0.15, -0.1) is 11.8 Å². The molecule has 138 valence electrons. The first-order chi connectivity index (χ1) is 11.7. The molecule has 1 N–H and O–H groups in total. The van der Waals surface area contributed by atoms with Crippen LogP contribution in [0.1, 0.15) is 36.5 Å². The Labute approximate surface area is 148 Å². The van der Waals surface area contributed by atoms with Crippen LogP contribution in [0.4, 0.5) is 13.2 Å². The molecule has 1 fully saturated rings. The Morgan fingerprint density at radius 3 is 2.52 bits per heavy atom. The van der Waals surface area contributed by atoms with E-state index in [-0.39, 0.29) is 18.0 Å². The highest BCUT2D eigenvalue weighted by Crippen LogP contribution is 2.33. The Morgan fingerprint density at radius 2 is 1.96 bits per heavy atom. The third-order valence-electron chi connectivity index (χ3n) is 3.90. The number of halogens is 3. The molecule has 4 nitrogen and oxygen atoms in total. The van der Waals surface area contributed by atoms with Crippen molar-refractivity contribution in [2.45, 2.75) is 42.5 Å². The van der Waals surface area contributed by atoms with Crippen LogP contribution >= 0.6 is 11.8 Å². The molecule has 0 saturated heterocycles. The molecule has 0 heterocycles. The Kier molecular flexibility index (Phi) is 6.37. The summed E-state index contributed by atoms with van der Waals surface area (Å²) in [7, 11) is 0. The lowest BCUT2D eigenvalue weighted by Crippen LogP contribution is -2.36. The Bertz CT molecular complexity index is 632. The highest BCUT2D eigenvalue weighted by atomic mass is 32.2. The summed E-state index contributed by atoms with van der Waals surface area (Å²) < 4.78 is 37.7. The van der Waals surface area contributed by atoms with Gasteiger partial charge in [0, 0.05) is 18.0 Å². The lowest BCUT2D eigenvalue weighted by molar-refractivity contribution is -0.137. The molecule has 0 spiro atoms. The fourth-order valence-corrected chi connectivity index (χ4v) is 3.23. The highest BCUT2D eigenvalue weighted by molar-refractivity contribution is 8.00. The molecule has 1 unspecified atom stereocenters. The molecule has 1 atom stereocenters. The zero-order valence-electron chi connectivity index (χ0n) is 13.8. The van der Waals surface area contributed by atoms with Crippen molar-refractivity contribution in [3.8, 4) is 0 Å². The lowest BCUT2D eigenvalue weighted by atomic mass is 10.1. The maximum absolute atomic E-state index is 12.8. The molecule has 8 heteroatoms. The SMILES string of the molecule is CC(Sc1ccccc1C(=O)N(CCC(F)(F)F)CC1CC1)C(=O)O. The average molecular weight is 375 g/mol. The van der Waals surface area contributed by atoms with Gasteiger partial charge < -0.3 is 10.0 Å². The van der Waals surface area contributed by atoms with Gasteiger partial charge in [0.05, 0.1) is 12.0 Å². The summed E-state index contributed by atoms with van der Waals surface area (Å²) in [6, 6.07) is 6.46. The quantitative estimate of drug-likeness (QED) is 0.697. The molecule has 1 aromatic rings. The van der Waals surface area contributed by atoms with Crippen LogP contribution < -0.4 is 0 Å². The number of thioether (sulfide) groups is 1. The molecule has 25 heavy (non-hydrogen) atoms. The number of aliphatic carboxylic acids is 1. The fourth-order valence-electron chi connectivity index (χ4n) is 2.31. The van der Waals surface area contributed by atoms with E-state index in [2.05, 4.69) is 0 Å². The molecule has 0 radical (unpaired) electrons. The van der Waals surface area contributed by atoms with Crippen LogP contribution in [0.5, 0.6) is 0 Å². The molecule has 1 amide bonds. The van der Waals surface area contributed by atoms with Gasteiger partial charge in [-0.2, -0.15) is 13.2 Å². The Hall–Kier alpha value is -1.70. The number of alkyl halides is 3. The van der Waals surface area contributed by atoms with E-state index in [4.69, 9.17) is 5.11 Å². The zero-order chi connectivity index (χ0) is 18.6. The summed E-state index contributed by atoms with van der Waals surface area (Å²) in [4.78, 5) is 25.6. The topological polar surface area (TPSA) is 57.6 Å². The summed E-state index contributed by atoms with van der Waals surface area (Å²) in [5.41, 5.74) is 0.253. The zero-order valence-corrected chi connectivity index (χ0v) is 14.6. The number of carboxylic acids is 1. The molecule has 1 aromatic carbocycles. The molecule has 1 aliphatic carbocycles. The normalized spacial score (nSPS) is 15.7. The maximum Gasteiger partial charge on any atom is 0.390 e. The van der Waals surface area contributed by atoms with Gasteiger partial charge in [0.15, 0.2) is 0 Å². The van der Waals surface area contributed by atoms with Crippen LogP contribution in [0.15, 0.2) is 29.2 Å². The van der Waals surface area contributed by atoms with Crippen molar-refractivity contribution < 1.29 is 27.9 Å². The Balaban J connectivity index is 2.18. The molecular weight excluding hydrogens is 355 g/mol. The van der Waals surface area contributed by atoms with Crippen LogP contribution in [-0.4, -0.2) is 46.4 Å². The minimum Gasteiger partial charge on any atom is -0.480 e. The van der Waals surface area contributed by atoms with Crippen LogP contribution in [0, 0.1) is 5.92 Å². The smallest absolute Gasteiger partial charge is 0.390 e. The van der Waals surface area contributed by atoms with E-state index in [1.165, 1.54) is 17.9 Å². The fraction of sp³-hybridized carbons (Fsp3) is 0.529. The number of amides is 1. The van der Waals surface area contributed by atoms with Crippen LogP contribution in [-0.2, 0) is 4.79 Å². The van der Waals surface area contributed by atoms with Crippen LogP contribution in [0.3, 0.4) is 0 Å².